The molecule has 0 aromatic heterocycles. The third-order valence-electron chi connectivity index (χ3n) is 3.05. The van der Waals surface area contributed by atoms with Gasteiger partial charge >= 0.3 is 0 Å². The minimum absolute atomic E-state index is 0.739. The topological polar surface area (TPSA) is 54.9 Å². The standard InChI is InChI=1S/C16H27N3O2/c1-4-21-12-6-5-11-18-16(17-2)19-13-14-7-9-15(20-3)10-8-14/h7-10H,4-6,11-13H2,1-3H3,(H2,17,18,19). The van der Waals surface area contributed by atoms with Gasteiger partial charge in [0.1, 0.15) is 5.75 Å². The van der Waals surface area contributed by atoms with Crippen molar-refractivity contribution in [3.8, 4) is 5.75 Å². The van der Waals surface area contributed by atoms with Crippen molar-refractivity contribution in [2.45, 2.75) is 26.3 Å². The normalized spacial score (nSPS) is 11.3. The van der Waals surface area contributed by atoms with Gasteiger partial charge in [0.25, 0.3) is 0 Å². The third-order valence-corrected chi connectivity index (χ3v) is 3.05. The molecule has 1 rings (SSSR count). The van der Waals surface area contributed by atoms with Crippen LogP contribution in [-0.2, 0) is 11.3 Å². The molecule has 0 aliphatic carbocycles. The number of hydrogen-bond acceptors (Lipinski definition) is 3. The molecule has 0 spiro atoms. The molecule has 0 aliphatic rings. The van der Waals surface area contributed by atoms with E-state index in [0.29, 0.717) is 0 Å². The van der Waals surface area contributed by atoms with Crippen LogP contribution < -0.4 is 15.4 Å². The van der Waals surface area contributed by atoms with Crippen molar-refractivity contribution < 1.29 is 9.47 Å². The Bertz CT molecular complexity index is 404. The van der Waals surface area contributed by atoms with Gasteiger partial charge in [0.05, 0.1) is 7.11 Å². The van der Waals surface area contributed by atoms with Crippen LogP contribution in [0.15, 0.2) is 29.3 Å². The number of hydrogen-bond donors (Lipinski definition) is 2. The van der Waals surface area contributed by atoms with Crippen molar-refractivity contribution in [3.05, 3.63) is 29.8 Å². The number of rotatable bonds is 9. The largest absolute Gasteiger partial charge is 0.497 e. The van der Waals surface area contributed by atoms with E-state index in [1.165, 1.54) is 5.56 Å². The fraction of sp³-hybridized carbons (Fsp3) is 0.562. The van der Waals surface area contributed by atoms with Crippen molar-refractivity contribution in [1.82, 2.24) is 10.6 Å². The molecule has 0 atom stereocenters. The number of guanidine groups is 1. The number of aliphatic imine (C=N–C) groups is 1. The Hall–Kier alpha value is -1.75. The highest BCUT2D eigenvalue weighted by molar-refractivity contribution is 5.79. The van der Waals surface area contributed by atoms with Crippen LogP contribution in [0.1, 0.15) is 25.3 Å². The average Bonchev–Trinajstić information content (AvgIpc) is 2.54. The van der Waals surface area contributed by atoms with Gasteiger partial charge in [-0.3, -0.25) is 4.99 Å². The summed E-state index contributed by atoms with van der Waals surface area (Å²) in [5.74, 6) is 1.69. The van der Waals surface area contributed by atoms with Gasteiger partial charge in [0.2, 0.25) is 0 Å². The molecule has 1 aromatic rings. The first-order chi connectivity index (χ1) is 10.3. The third kappa shape index (κ3) is 7.56. The lowest BCUT2D eigenvalue weighted by Crippen LogP contribution is -2.37. The van der Waals surface area contributed by atoms with Gasteiger partial charge in [-0.2, -0.15) is 0 Å². The van der Waals surface area contributed by atoms with Crippen LogP contribution >= 0.6 is 0 Å². The van der Waals surface area contributed by atoms with Gasteiger partial charge in [0, 0.05) is 33.4 Å². The second-order valence-corrected chi connectivity index (χ2v) is 4.60. The smallest absolute Gasteiger partial charge is 0.191 e. The van der Waals surface area contributed by atoms with Crippen LogP contribution in [0.25, 0.3) is 0 Å². The Balaban J connectivity index is 2.21. The summed E-state index contributed by atoms with van der Waals surface area (Å²) >= 11 is 0. The van der Waals surface area contributed by atoms with Crippen molar-refractivity contribution >= 4 is 5.96 Å². The van der Waals surface area contributed by atoms with Crippen LogP contribution in [-0.4, -0.2) is 39.9 Å². The molecular formula is C16H27N3O2. The molecule has 0 saturated heterocycles. The fourth-order valence-corrected chi connectivity index (χ4v) is 1.83. The first-order valence-corrected chi connectivity index (χ1v) is 7.45. The van der Waals surface area contributed by atoms with Crippen LogP contribution in [0.4, 0.5) is 0 Å². The number of unbranched alkanes of at least 4 members (excludes halogenated alkanes) is 1. The molecule has 5 heteroatoms. The summed E-state index contributed by atoms with van der Waals surface area (Å²) in [6, 6.07) is 8.00. The summed E-state index contributed by atoms with van der Waals surface area (Å²) in [6.07, 6.45) is 2.14. The summed E-state index contributed by atoms with van der Waals surface area (Å²) < 4.78 is 10.4. The lowest BCUT2D eigenvalue weighted by Gasteiger charge is -2.12. The predicted octanol–water partition coefficient (Wildman–Crippen LogP) is 2.18. The monoisotopic (exact) mass is 293 g/mol. The zero-order chi connectivity index (χ0) is 15.3. The van der Waals surface area contributed by atoms with E-state index in [1.807, 2.05) is 31.2 Å². The first-order valence-electron chi connectivity index (χ1n) is 7.45. The molecule has 0 heterocycles. The number of ether oxygens (including phenoxy) is 2. The molecule has 0 bridgehead atoms. The Labute approximate surface area is 127 Å². The maximum atomic E-state index is 5.31. The number of nitrogens with one attached hydrogen (secondary N) is 2. The Kier molecular flexibility index (Phi) is 9.04. The highest BCUT2D eigenvalue weighted by Crippen LogP contribution is 2.10. The second-order valence-electron chi connectivity index (χ2n) is 4.60. The summed E-state index contributed by atoms with van der Waals surface area (Å²) in [5, 5.41) is 6.59. The fourth-order valence-electron chi connectivity index (χ4n) is 1.83. The summed E-state index contributed by atoms with van der Waals surface area (Å²) in [7, 11) is 3.45. The Morgan fingerprint density at radius 3 is 2.52 bits per heavy atom. The van der Waals surface area contributed by atoms with Gasteiger partial charge in [-0.1, -0.05) is 12.1 Å². The van der Waals surface area contributed by atoms with E-state index in [1.54, 1.807) is 14.2 Å². The van der Waals surface area contributed by atoms with E-state index < -0.39 is 0 Å². The molecule has 0 unspecified atom stereocenters. The molecule has 1 aromatic carbocycles. The summed E-state index contributed by atoms with van der Waals surface area (Å²) in [5.41, 5.74) is 1.19. The molecule has 0 radical (unpaired) electrons. The zero-order valence-corrected chi connectivity index (χ0v) is 13.3. The maximum absolute atomic E-state index is 5.31. The van der Waals surface area contributed by atoms with E-state index in [-0.39, 0.29) is 0 Å². The first kappa shape index (κ1) is 17.3. The van der Waals surface area contributed by atoms with Gasteiger partial charge in [-0.25, -0.2) is 0 Å². The maximum Gasteiger partial charge on any atom is 0.191 e. The molecule has 0 aliphatic heterocycles. The molecule has 0 saturated carbocycles. The minimum atomic E-state index is 0.739. The van der Waals surface area contributed by atoms with Crippen LogP contribution in [0.5, 0.6) is 5.75 Å². The molecule has 5 nitrogen and oxygen atoms in total. The van der Waals surface area contributed by atoms with Crippen LogP contribution in [0, 0.1) is 0 Å². The van der Waals surface area contributed by atoms with Crippen molar-refractivity contribution in [1.29, 1.82) is 0 Å². The quantitative estimate of drug-likeness (QED) is 0.416. The highest BCUT2D eigenvalue weighted by Gasteiger charge is 1.98. The molecule has 0 fully saturated rings. The van der Waals surface area contributed by atoms with Crippen LogP contribution in [0.2, 0.25) is 0 Å². The van der Waals surface area contributed by atoms with E-state index in [0.717, 1.165) is 50.9 Å². The minimum Gasteiger partial charge on any atom is -0.497 e. The number of benzene rings is 1. The van der Waals surface area contributed by atoms with E-state index in [4.69, 9.17) is 9.47 Å². The van der Waals surface area contributed by atoms with Crippen LogP contribution in [0.3, 0.4) is 0 Å². The molecule has 21 heavy (non-hydrogen) atoms. The van der Waals surface area contributed by atoms with Crippen molar-refractivity contribution in [2.75, 3.05) is 33.9 Å². The number of methoxy groups -OCH3 is 1. The predicted molar refractivity (Wildman–Crippen MR) is 86.9 cm³/mol. The molecule has 118 valence electrons. The average molecular weight is 293 g/mol. The van der Waals surface area contributed by atoms with E-state index >= 15 is 0 Å². The van der Waals surface area contributed by atoms with Gasteiger partial charge in [-0.15, -0.1) is 0 Å². The van der Waals surface area contributed by atoms with Gasteiger partial charge < -0.3 is 20.1 Å². The lowest BCUT2D eigenvalue weighted by atomic mass is 10.2. The summed E-state index contributed by atoms with van der Waals surface area (Å²) in [4.78, 5) is 4.21. The van der Waals surface area contributed by atoms with E-state index in [9.17, 15) is 0 Å². The second kappa shape index (κ2) is 11.0. The lowest BCUT2D eigenvalue weighted by molar-refractivity contribution is 0.143. The highest BCUT2D eigenvalue weighted by atomic mass is 16.5. The van der Waals surface area contributed by atoms with Gasteiger partial charge in [-0.05, 0) is 37.5 Å². The molecule has 0 amide bonds. The molecule has 2 N–H and O–H groups in total. The Morgan fingerprint density at radius 1 is 1.14 bits per heavy atom. The Morgan fingerprint density at radius 2 is 1.90 bits per heavy atom. The van der Waals surface area contributed by atoms with Crippen molar-refractivity contribution in [2.24, 2.45) is 4.99 Å². The summed E-state index contributed by atoms with van der Waals surface area (Å²) in [6.45, 7) is 5.27. The SMILES string of the molecule is CCOCCCCNC(=NC)NCc1ccc(OC)cc1. The zero-order valence-electron chi connectivity index (χ0n) is 13.3. The molecular weight excluding hydrogens is 266 g/mol. The van der Waals surface area contributed by atoms with Gasteiger partial charge in [0.15, 0.2) is 5.96 Å². The van der Waals surface area contributed by atoms with E-state index in [2.05, 4.69) is 15.6 Å². The van der Waals surface area contributed by atoms with Crippen molar-refractivity contribution in [3.63, 3.8) is 0 Å². The number of nitrogens with zero attached hydrogens (tertiary/aromatic N) is 1.